The van der Waals surface area contributed by atoms with Gasteiger partial charge in [0.05, 0.1) is 22.8 Å². The molecule has 0 saturated carbocycles. The largest absolute Gasteiger partial charge is 0.417 e. The molecule has 1 heterocycles. The Labute approximate surface area is 125 Å². The molecule has 0 amide bonds. The molecule has 0 saturated heterocycles. The number of hydrogen-bond donors (Lipinski definition) is 1. The van der Waals surface area contributed by atoms with Gasteiger partial charge in [-0.1, -0.05) is 11.6 Å². The molecular formula is C14H15ClF3N3. The molecule has 1 N–H and O–H groups in total. The maximum Gasteiger partial charge on any atom is 0.417 e. The van der Waals surface area contributed by atoms with Gasteiger partial charge < -0.3 is 5.32 Å². The smallest absolute Gasteiger partial charge is 0.379 e. The first kappa shape index (κ1) is 15.7. The van der Waals surface area contributed by atoms with Crippen LogP contribution in [0.2, 0.25) is 5.02 Å². The van der Waals surface area contributed by atoms with E-state index in [0.29, 0.717) is 12.2 Å². The zero-order chi connectivity index (χ0) is 15.6. The molecule has 114 valence electrons. The van der Waals surface area contributed by atoms with Gasteiger partial charge in [0.25, 0.3) is 0 Å². The van der Waals surface area contributed by atoms with E-state index >= 15 is 0 Å². The minimum Gasteiger partial charge on any atom is -0.379 e. The summed E-state index contributed by atoms with van der Waals surface area (Å²) in [7, 11) is 0. The third kappa shape index (κ3) is 3.91. The highest BCUT2D eigenvalue weighted by Gasteiger charge is 2.33. The van der Waals surface area contributed by atoms with Crippen LogP contribution in [-0.2, 0) is 12.7 Å². The highest BCUT2D eigenvalue weighted by atomic mass is 35.5. The molecule has 0 aliphatic heterocycles. The molecule has 1 aromatic heterocycles. The summed E-state index contributed by atoms with van der Waals surface area (Å²) in [4.78, 5) is 0. The van der Waals surface area contributed by atoms with Crippen LogP contribution in [0.3, 0.4) is 0 Å². The van der Waals surface area contributed by atoms with Crippen LogP contribution < -0.4 is 5.32 Å². The van der Waals surface area contributed by atoms with Crippen LogP contribution in [0, 0.1) is 0 Å². The lowest BCUT2D eigenvalue weighted by atomic mass is 10.2. The Balaban J connectivity index is 2.09. The summed E-state index contributed by atoms with van der Waals surface area (Å²) < 4.78 is 40.1. The summed E-state index contributed by atoms with van der Waals surface area (Å²) >= 11 is 5.57. The zero-order valence-electron chi connectivity index (χ0n) is 11.6. The number of benzene rings is 1. The number of halogens is 4. The standard InChI is InChI=1S/C14H15ClF3N3/c1-9(2)21-6-5-11(20-21)8-19-10-3-4-13(15)12(7-10)14(16,17)18/h3-7,9,19H,8H2,1-2H3. The number of rotatable bonds is 4. The molecule has 7 heteroatoms. The Kier molecular flexibility index (Phi) is 4.46. The number of alkyl halides is 3. The molecule has 3 nitrogen and oxygen atoms in total. The number of nitrogens with one attached hydrogen (secondary N) is 1. The highest BCUT2D eigenvalue weighted by Crippen LogP contribution is 2.36. The van der Waals surface area contributed by atoms with Gasteiger partial charge in [0.15, 0.2) is 0 Å². The quantitative estimate of drug-likeness (QED) is 0.882. The molecule has 0 spiro atoms. The van der Waals surface area contributed by atoms with Gasteiger partial charge in [0.2, 0.25) is 0 Å². The third-order valence-electron chi connectivity index (χ3n) is 2.94. The van der Waals surface area contributed by atoms with E-state index in [1.807, 2.05) is 26.1 Å². The van der Waals surface area contributed by atoms with Crippen molar-refractivity contribution in [3.8, 4) is 0 Å². The van der Waals surface area contributed by atoms with Gasteiger partial charge in [-0.2, -0.15) is 18.3 Å². The van der Waals surface area contributed by atoms with Crippen LogP contribution in [-0.4, -0.2) is 9.78 Å². The summed E-state index contributed by atoms with van der Waals surface area (Å²) in [5.74, 6) is 0. The zero-order valence-corrected chi connectivity index (χ0v) is 12.3. The molecule has 21 heavy (non-hydrogen) atoms. The first-order valence-corrected chi connectivity index (χ1v) is 6.80. The highest BCUT2D eigenvalue weighted by molar-refractivity contribution is 6.31. The number of nitrogens with zero attached hydrogens (tertiary/aromatic N) is 2. The minimum atomic E-state index is -4.46. The molecule has 0 aliphatic carbocycles. The van der Waals surface area contributed by atoms with E-state index in [1.165, 1.54) is 12.1 Å². The van der Waals surface area contributed by atoms with Gasteiger partial charge >= 0.3 is 6.18 Å². The number of aromatic nitrogens is 2. The SMILES string of the molecule is CC(C)n1ccc(CNc2ccc(Cl)c(C(F)(F)F)c2)n1. The average Bonchev–Trinajstić information content (AvgIpc) is 2.85. The van der Waals surface area contributed by atoms with Crippen molar-refractivity contribution in [2.75, 3.05) is 5.32 Å². The van der Waals surface area contributed by atoms with Crippen LogP contribution in [0.5, 0.6) is 0 Å². The molecule has 0 radical (unpaired) electrons. The fourth-order valence-electron chi connectivity index (χ4n) is 1.80. The van der Waals surface area contributed by atoms with Crippen molar-refractivity contribution in [3.05, 3.63) is 46.7 Å². The predicted octanol–water partition coefficient (Wildman–Crippen LogP) is 4.75. The van der Waals surface area contributed by atoms with Crippen molar-refractivity contribution < 1.29 is 13.2 Å². The molecular weight excluding hydrogens is 303 g/mol. The van der Waals surface area contributed by atoms with Gasteiger partial charge in [0.1, 0.15) is 0 Å². The van der Waals surface area contributed by atoms with Gasteiger partial charge in [-0.15, -0.1) is 0 Å². The normalized spacial score (nSPS) is 12.0. The Morgan fingerprint density at radius 3 is 2.57 bits per heavy atom. The minimum absolute atomic E-state index is 0.242. The van der Waals surface area contributed by atoms with Gasteiger partial charge in [-0.3, -0.25) is 4.68 Å². The Bertz CT molecular complexity index is 620. The Hall–Kier alpha value is -1.69. The van der Waals surface area contributed by atoms with Crippen LogP contribution in [0.4, 0.5) is 18.9 Å². The second kappa shape index (κ2) is 5.97. The molecule has 0 unspecified atom stereocenters. The van der Waals surface area contributed by atoms with Gasteiger partial charge in [0, 0.05) is 17.9 Å². The first-order chi connectivity index (χ1) is 9.77. The van der Waals surface area contributed by atoms with Crippen LogP contribution >= 0.6 is 11.6 Å². The van der Waals surface area contributed by atoms with Gasteiger partial charge in [-0.25, -0.2) is 0 Å². The maximum atomic E-state index is 12.8. The second-order valence-electron chi connectivity index (χ2n) is 4.93. The topological polar surface area (TPSA) is 29.9 Å². The predicted molar refractivity (Wildman–Crippen MR) is 76.4 cm³/mol. The van der Waals surface area contributed by atoms with E-state index in [1.54, 1.807) is 4.68 Å². The summed E-state index contributed by atoms with van der Waals surface area (Å²) in [5, 5.41) is 6.93. The van der Waals surface area contributed by atoms with Crippen LogP contribution in [0.25, 0.3) is 0 Å². The van der Waals surface area contributed by atoms with Crippen molar-refractivity contribution >= 4 is 17.3 Å². The molecule has 2 rings (SSSR count). The van der Waals surface area contributed by atoms with Crippen molar-refractivity contribution in [2.45, 2.75) is 32.6 Å². The van der Waals surface area contributed by atoms with Crippen LogP contribution in [0.15, 0.2) is 30.5 Å². The molecule has 0 aliphatic rings. The summed E-state index contributed by atoms with van der Waals surface area (Å²) in [5.41, 5.74) is 0.264. The third-order valence-corrected chi connectivity index (χ3v) is 3.27. The molecule has 0 atom stereocenters. The van der Waals surface area contributed by atoms with Crippen molar-refractivity contribution in [3.63, 3.8) is 0 Å². The summed E-state index contributed by atoms with van der Waals surface area (Å²) in [6.07, 6.45) is -2.63. The van der Waals surface area contributed by atoms with Crippen molar-refractivity contribution in [1.29, 1.82) is 0 Å². The fraction of sp³-hybridized carbons (Fsp3) is 0.357. The lowest BCUT2D eigenvalue weighted by Crippen LogP contribution is -2.08. The fourth-order valence-corrected chi connectivity index (χ4v) is 2.03. The maximum absolute atomic E-state index is 12.8. The van der Waals surface area contributed by atoms with Gasteiger partial charge in [-0.05, 0) is 38.1 Å². The lowest BCUT2D eigenvalue weighted by Gasteiger charge is -2.12. The van der Waals surface area contributed by atoms with E-state index in [-0.39, 0.29) is 11.1 Å². The molecule has 2 aromatic rings. The second-order valence-corrected chi connectivity index (χ2v) is 5.33. The Morgan fingerprint density at radius 1 is 1.29 bits per heavy atom. The van der Waals surface area contributed by atoms with E-state index in [0.717, 1.165) is 11.8 Å². The van der Waals surface area contributed by atoms with E-state index < -0.39 is 11.7 Å². The summed E-state index contributed by atoms with van der Waals surface area (Å²) in [6.45, 7) is 4.34. The average molecular weight is 318 g/mol. The lowest BCUT2D eigenvalue weighted by molar-refractivity contribution is -0.137. The molecule has 0 fully saturated rings. The summed E-state index contributed by atoms with van der Waals surface area (Å²) in [6, 6.07) is 5.82. The van der Waals surface area contributed by atoms with E-state index in [2.05, 4.69) is 10.4 Å². The first-order valence-electron chi connectivity index (χ1n) is 6.42. The van der Waals surface area contributed by atoms with E-state index in [9.17, 15) is 13.2 Å². The monoisotopic (exact) mass is 317 g/mol. The van der Waals surface area contributed by atoms with Crippen molar-refractivity contribution in [2.24, 2.45) is 0 Å². The molecule has 0 bridgehead atoms. The molecule has 1 aromatic carbocycles. The van der Waals surface area contributed by atoms with Crippen LogP contribution in [0.1, 0.15) is 31.1 Å². The number of anilines is 1. The Morgan fingerprint density at radius 2 is 2.00 bits per heavy atom. The van der Waals surface area contributed by atoms with Crippen molar-refractivity contribution in [1.82, 2.24) is 9.78 Å². The van der Waals surface area contributed by atoms with E-state index in [4.69, 9.17) is 11.6 Å². The number of hydrogen-bond acceptors (Lipinski definition) is 2.